The SMILES string of the molecule is COc1ncc(N)cc1N1NC=CN1. The summed E-state index contributed by atoms with van der Waals surface area (Å²) in [5.41, 5.74) is 12.8. The van der Waals surface area contributed by atoms with Crippen LogP contribution in [-0.2, 0) is 0 Å². The maximum absolute atomic E-state index is 5.63. The Balaban J connectivity index is 2.34. The van der Waals surface area contributed by atoms with Crippen LogP contribution in [0.15, 0.2) is 24.7 Å². The maximum Gasteiger partial charge on any atom is 0.241 e. The number of nitrogens with one attached hydrogen (secondary N) is 2. The Morgan fingerprint density at radius 2 is 2.14 bits per heavy atom. The number of hydrogen-bond donors (Lipinski definition) is 3. The van der Waals surface area contributed by atoms with Crippen LogP contribution in [0, 0.1) is 0 Å². The molecule has 2 rings (SSSR count). The number of ether oxygens (including phenoxy) is 1. The van der Waals surface area contributed by atoms with Gasteiger partial charge in [0, 0.05) is 12.4 Å². The van der Waals surface area contributed by atoms with Crippen LogP contribution in [0.25, 0.3) is 0 Å². The molecule has 14 heavy (non-hydrogen) atoms. The molecular formula is C8H11N5O. The van der Waals surface area contributed by atoms with Crippen molar-refractivity contribution in [3.63, 3.8) is 0 Å². The summed E-state index contributed by atoms with van der Waals surface area (Å²) in [7, 11) is 1.56. The van der Waals surface area contributed by atoms with Crippen LogP contribution in [0.5, 0.6) is 5.88 Å². The van der Waals surface area contributed by atoms with Crippen molar-refractivity contribution in [2.45, 2.75) is 0 Å². The standard InChI is InChI=1S/C8H11N5O/c1-14-8-7(4-6(9)5-10-8)13-11-2-3-12-13/h2-5,11-12H,9H2,1H3. The number of pyridine rings is 1. The number of nitrogens with zero attached hydrogens (tertiary/aromatic N) is 2. The molecule has 0 aliphatic carbocycles. The van der Waals surface area contributed by atoms with E-state index in [4.69, 9.17) is 10.5 Å². The van der Waals surface area contributed by atoms with Crippen LogP contribution in [0.4, 0.5) is 11.4 Å². The molecule has 0 unspecified atom stereocenters. The minimum absolute atomic E-state index is 0.503. The van der Waals surface area contributed by atoms with Gasteiger partial charge in [0.25, 0.3) is 0 Å². The Morgan fingerprint density at radius 3 is 2.79 bits per heavy atom. The monoisotopic (exact) mass is 193 g/mol. The summed E-state index contributed by atoms with van der Waals surface area (Å²) < 4.78 is 5.10. The Kier molecular flexibility index (Phi) is 2.02. The van der Waals surface area contributed by atoms with Gasteiger partial charge in [-0.2, -0.15) is 5.12 Å². The fourth-order valence-corrected chi connectivity index (χ4v) is 1.17. The van der Waals surface area contributed by atoms with Crippen molar-refractivity contribution in [1.29, 1.82) is 0 Å². The number of hydrogen-bond acceptors (Lipinski definition) is 6. The average Bonchev–Trinajstić information content (AvgIpc) is 2.70. The van der Waals surface area contributed by atoms with Gasteiger partial charge in [0.15, 0.2) is 0 Å². The number of nitrogens with two attached hydrogens (primary N) is 1. The number of anilines is 2. The summed E-state index contributed by atoms with van der Waals surface area (Å²) in [4.78, 5) is 4.04. The fourth-order valence-electron chi connectivity index (χ4n) is 1.17. The van der Waals surface area contributed by atoms with Gasteiger partial charge in [0.2, 0.25) is 5.88 Å². The number of aromatic nitrogens is 1. The zero-order chi connectivity index (χ0) is 9.97. The molecule has 2 heterocycles. The van der Waals surface area contributed by atoms with E-state index in [-0.39, 0.29) is 0 Å². The van der Waals surface area contributed by atoms with E-state index >= 15 is 0 Å². The molecule has 0 atom stereocenters. The first kappa shape index (κ1) is 8.49. The maximum atomic E-state index is 5.63. The Labute approximate surface area is 81.3 Å². The van der Waals surface area contributed by atoms with Crippen LogP contribution in [0.1, 0.15) is 0 Å². The van der Waals surface area contributed by atoms with Crippen molar-refractivity contribution >= 4 is 11.4 Å². The molecule has 74 valence electrons. The molecule has 1 aromatic heterocycles. The summed E-state index contributed by atoms with van der Waals surface area (Å²) in [6.07, 6.45) is 5.05. The van der Waals surface area contributed by atoms with Gasteiger partial charge in [-0.05, 0) is 6.07 Å². The topological polar surface area (TPSA) is 75.4 Å². The highest BCUT2D eigenvalue weighted by molar-refractivity contribution is 5.60. The van der Waals surface area contributed by atoms with Gasteiger partial charge in [-0.3, -0.25) is 10.9 Å². The van der Waals surface area contributed by atoms with Crippen LogP contribution in [0.2, 0.25) is 0 Å². The van der Waals surface area contributed by atoms with Gasteiger partial charge < -0.3 is 10.5 Å². The summed E-state index contributed by atoms with van der Waals surface area (Å²) in [5, 5.41) is 1.65. The van der Waals surface area contributed by atoms with Crippen molar-refractivity contribution in [1.82, 2.24) is 15.8 Å². The molecule has 0 spiro atoms. The molecule has 6 heteroatoms. The molecule has 1 aliphatic heterocycles. The number of nitrogen functional groups attached to an aromatic ring is 1. The predicted molar refractivity (Wildman–Crippen MR) is 53.1 cm³/mol. The number of rotatable bonds is 2. The van der Waals surface area contributed by atoms with Crippen molar-refractivity contribution < 1.29 is 4.74 Å². The first-order valence-corrected chi connectivity index (χ1v) is 4.08. The zero-order valence-electron chi connectivity index (χ0n) is 7.69. The van der Waals surface area contributed by atoms with Crippen LogP contribution < -0.4 is 26.4 Å². The van der Waals surface area contributed by atoms with Crippen molar-refractivity contribution in [3.8, 4) is 5.88 Å². The average molecular weight is 193 g/mol. The first-order valence-electron chi connectivity index (χ1n) is 4.08. The molecule has 0 bridgehead atoms. The summed E-state index contributed by atoms with van der Waals surface area (Å²) in [6, 6.07) is 1.76. The highest BCUT2D eigenvalue weighted by atomic mass is 16.5. The molecule has 0 fully saturated rings. The van der Waals surface area contributed by atoms with E-state index in [0.29, 0.717) is 11.6 Å². The van der Waals surface area contributed by atoms with Gasteiger partial charge in [-0.1, -0.05) is 0 Å². The van der Waals surface area contributed by atoms with E-state index in [1.165, 1.54) is 0 Å². The van der Waals surface area contributed by atoms with Gasteiger partial charge in [-0.15, -0.1) is 0 Å². The lowest BCUT2D eigenvalue weighted by atomic mass is 10.3. The lowest BCUT2D eigenvalue weighted by Gasteiger charge is -2.20. The predicted octanol–water partition coefficient (Wildman–Crippen LogP) is -0.0272. The smallest absolute Gasteiger partial charge is 0.241 e. The number of methoxy groups -OCH3 is 1. The fraction of sp³-hybridized carbons (Fsp3) is 0.125. The molecule has 0 radical (unpaired) electrons. The second kappa shape index (κ2) is 3.33. The van der Waals surface area contributed by atoms with E-state index in [0.717, 1.165) is 5.69 Å². The summed E-state index contributed by atoms with van der Waals surface area (Å²) >= 11 is 0. The molecule has 1 aromatic rings. The van der Waals surface area contributed by atoms with Crippen molar-refractivity contribution in [3.05, 3.63) is 24.7 Å². The minimum atomic E-state index is 0.503. The highest BCUT2D eigenvalue weighted by Crippen LogP contribution is 2.26. The Bertz CT molecular complexity index is 357. The van der Waals surface area contributed by atoms with Gasteiger partial charge in [0.1, 0.15) is 5.69 Å². The lowest BCUT2D eigenvalue weighted by molar-refractivity contribution is 0.396. The normalized spacial score (nSPS) is 13.6. The van der Waals surface area contributed by atoms with Gasteiger partial charge in [0.05, 0.1) is 19.0 Å². The highest BCUT2D eigenvalue weighted by Gasteiger charge is 2.13. The second-order valence-corrected chi connectivity index (χ2v) is 2.72. The van der Waals surface area contributed by atoms with Crippen LogP contribution >= 0.6 is 0 Å². The zero-order valence-corrected chi connectivity index (χ0v) is 7.69. The molecule has 4 N–H and O–H groups in total. The lowest BCUT2D eigenvalue weighted by Crippen LogP contribution is -2.38. The quantitative estimate of drug-likeness (QED) is 0.612. The molecule has 0 saturated carbocycles. The summed E-state index contributed by atoms with van der Waals surface area (Å²) in [6.45, 7) is 0. The largest absolute Gasteiger partial charge is 0.479 e. The molecular weight excluding hydrogens is 182 g/mol. The van der Waals surface area contributed by atoms with Gasteiger partial charge >= 0.3 is 0 Å². The third kappa shape index (κ3) is 1.37. The van der Waals surface area contributed by atoms with Crippen molar-refractivity contribution in [2.75, 3.05) is 18.0 Å². The molecule has 0 amide bonds. The van der Waals surface area contributed by atoms with E-state index in [2.05, 4.69) is 15.8 Å². The number of hydrazine groups is 2. The van der Waals surface area contributed by atoms with E-state index < -0.39 is 0 Å². The van der Waals surface area contributed by atoms with Crippen LogP contribution in [0.3, 0.4) is 0 Å². The van der Waals surface area contributed by atoms with E-state index in [1.807, 2.05) is 0 Å². The third-order valence-electron chi connectivity index (χ3n) is 1.78. The van der Waals surface area contributed by atoms with Gasteiger partial charge in [-0.25, -0.2) is 4.98 Å². The van der Waals surface area contributed by atoms with Crippen molar-refractivity contribution in [2.24, 2.45) is 0 Å². The van der Waals surface area contributed by atoms with Crippen LogP contribution in [-0.4, -0.2) is 12.1 Å². The Morgan fingerprint density at radius 1 is 1.43 bits per heavy atom. The molecule has 6 nitrogen and oxygen atoms in total. The molecule has 0 aromatic carbocycles. The second-order valence-electron chi connectivity index (χ2n) is 2.72. The Hall–Kier alpha value is -2.11. The molecule has 0 saturated heterocycles. The van der Waals surface area contributed by atoms with E-state index in [1.54, 1.807) is 36.9 Å². The van der Waals surface area contributed by atoms with E-state index in [9.17, 15) is 0 Å². The molecule has 1 aliphatic rings. The third-order valence-corrected chi connectivity index (χ3v) is 1.78. The summed E-state index contributed by atoms with van der Waals surface area (Å²) in [5.74, 6) is 0.503. The first-order chi connectivity index (χ1) is 6.81. The minimum Gasteiger partial charge on any atom is -0.479 e.